The van der Waals surface area contributed by atoms with Crippen LogP contribution in [0.25, 0.3) is 0 Å². The molecule has 0 bridgehead atoms. The molecule has 1 aromatic carbocycles. The molecular formula is C18H26N2O3. The first-order chi connectivity index (χ1) is 11.0. The van der Waals surface area contributed by atoms with Gasteiger partial charge in [-0.25, -0.2) is 0 Å². The molecule has 0 saturated carbocycles. The van der Waals surface area contributed by atoms with Crippen molar-refractivity contribution in [2.75, 3.05) is 16.8 Å². The number of rotatable bonds is 6. The Morgan fingerprint density at radius 1 is 1.30 bits per heavy atom. The second-order valence-electron chi connectivity index (χ2n) is 5.94. The van der Waals surface area contributed by atoms with E-state index < -0.39 is 6.10 Å². The van der Waals surface area contributed by atoms with Gasteiger partial charge >= 0.3 is 0 Å². The van der Waals surface area contributed by atoms with Gasteiger partial charge in [-0.1, -0.05) is 20.8 Å². The highest BCUT2D eigenvalue weighted by atomic mass is 16.5. The fourth-order valence-electron chi connectivity index (χ4n) is 2.84. The number of hydrogen-bond acceptors (Lipinski definition) is 3. The number of nitrogens with zero attached hydrogens (tertiary/aromatic N) is 1. The molecule has 2 rings (SSSR count). The van der Waals surface area contributed by atoms with Crippen molar-refractivity contribution in [3.05, 3.63) is 18.2 Å². The molecule has 1 N–H and O–H groups in total. The monoisotopic (exact) mass is 318 g/mol. The molecule has 1 atom stereocenters. The van der Waals surface area contributed by atoms with Crippen molar-refractivity contribution in [1.29, 1.82) is 0 Å². The van der Waals surface area contributed by atoms with Gasteiger partial charge in [0.1, 0.15) is 5.75 Å². The van der Waals surface area contributed by atoms with E-state index in [2.05, 4.69) is 5.32 Å². The van der Waals surface area contributed by atoms with E-state index in [1.807, 2.05) is 39.0 Å². The maximum absolute atomic E-state index is 12.3. The van der Waals surface area contributed by atoms with Crippen LogP contribution in [-0.2, 0) is 9.59 Å². The summed E-state index contributed by atoms with van der Waals surface area (Å²) in [6.45, 7) is 8.46. The van der Waals surface area contributed by atoms with Crippen LogP contribution in [0.4, 0.5) is 11.4 Å². The maximum atomic E-state index is 12.3. The standard InChI is InChI=1S/C18H26N2O3/c1-5-10-20-15-11-14(19-17(21)13(6-2)7-3)8-9-16(15)23-12(4)18(20)22/h8-9,11-13H,5-7,10H2,1-4H3,(H,19,21). The molecule has 126 valence electrons. The molecule has 1 heterocycles. The minimum atomic E-state index is -0.473. The normalized spacial score (nSPS) is 17.0. The zero-order valence-corrected chi connectivity index (χ0v) is 14.4. The third-order valence-electron chi connectivity index (χ3n) is 4.24. The van der Waals surface area contributed by atoms with Crippen LogP contribution in [0.2, 0.25) is 0 Å². The van der Waals surface area contributed by atoms with Crippen molar-refractivity contribution in [3.8, 4) is 5.75 Å². The van der Waals surface area contributed by atoms with Gasteiger partial charge in [-0.3, -0.25) is 9.59 Å². The van der Waals surface area contributed by atoms with E-state index in [9.17, 15) is 9.59 Å². The molecule has 1 aromatic rings. The maximum Gasteiger partial charge on any atom is 0.267 e. The molecule has 23 heavy (non-hydrogen) atoms. The van der Waals surface area contributed by atoms with Crippen LogP contribution in [0.15, 0.2) is 18.2 Å². The molecule has 5 heteroatoms. The van der Waals surface area contributed by atoms with Gasteiger partial charge in [0.15, 0.2) is 6.10 Å². The van der Waals surface area contributed by atoms with Crippen LogP contribution in [0.3, 0.4) is 0 Å². The van der Waals surface area contributed by atoms with Gasteiger partial charge in [-0.2, -0.15) is 0 Å². The number of ether oxygens (including phenoxy) is 1. The number of amides is 2. The Morgan fingerprint density at radius 3 is 2.61 bits per heavy atom. The molecule has 1 aliphatic rings. The van der Waals surface area contributed by atoms with Crippen LogP contribution in [0.5, 0.6) is 5.75 Å². The van der Waals surface area contributed by atoms with Gasteiger partial charge in [-0.05, 0) is 44.4 Å². The predicted octanol–water partition coefficient (Wildman–Crippen LogP) is 3.59. The van der Waals surface area contributed by atoms with Crippen LogP contribution < -0.4 is 15.0 Å². The van der Waals surface area contributed by atoms with E-state index in [4.69, 9.17) is 4.74 Å². The number of carbonyl (C=O) groups is 2. The molecule has 0 spiro atoms. The van der Waals surface area contributed by atoms with Crippen molar-refractivity contribution in [1.82, 2.24) is 0 Å². The van der Waals surface area contributed by atoms with E-state index in [1.165, 1.54) is 0 Å². The van der Waals surface area contributed by atoms with E-state index in [0.29, 0.717) is 18.0 Å². The second-order valence-corrected chi connectivity index (χ2v) is 5.94. The number of nitrogens with one attached hydrogen (secondary N) is 1. The van der Waals surface area contributed by atoms with Gasteiger partial charge in [0, 0.05) is 18.2 Å². The zero-order valence-electron chi connectivity index (χ0n) is 14.4. The summed E-state index contributed by atoms with van der Waals surface area (Å²) < 4.78 is 5.67. The molecular weight excluding hydrogens is 292 g/mol. The Balaban J connectivity index is 2.27. The van der Waals surface area contributed by atoms with Crippen molar-refractivity contribution in [2.24, 2.45) is 5.92 Å². The second kappa shape index (κ2) is 7.49. The van der Waals surface area contributed by atoms with Crippen molar-refractivity contribution >= 4 is 23.2 Å². The Bertz CT molecular complexity index is 582. The average Bonchev–Trinajstić information content (AvgIpc) is 2.53. The molecule has 1 unspecified atom stereocenters. The predicted molar refractivity (Wildman–Crippen MR) is 91.9 cm³/mol. The summed E-state index contributed by atoms with van der Waals surface area (Å²) in [5.74, 6) is 0.679. The van der Waals surface area contributed by atoms with Crippen molar-refractivity contribution < 1.29 is 14.3 Å². The lowest BCUT2D eigenvalue weighted by atomic mass is 10.0. The molecule has 1 aliphatic heterocycles. The fourth-order valence-corrected chi connectivity index (χ4v) is 2.84. The third-order valence-corrected chi connectivity index (χ3v) is 4.24. The summed E-state index contributed by atoms with van der Waals surface area (Å²) in [5, 5.41) is 2.95. The zero-order chi connectivity index (χ0) is 17.0. The molecule has 5 nitrogen and oxygen atoms in total. The average molecular weight is 318 g/mol. The van der Waals surface area contributed by atoms with Gasteiger partial charge in [0.05, 0.1) is 5.69 Å². The Kier molecular flexibility index (Phi) is 5.64. The lowest BCUT2D eigenvalue weighted by Crippen LogP contribution is -2.44. The van der Waals surface area contributed by atoms with E-state index in [0.717, 1.165) is 24.9 Å². The number of fused-ring (bicyclic) bond motifs is 1. The van der Waals surface area contributed by atoms with E-state index >= 15 is 0 Å². The molecule has 2 amide bonds. The highest BCUT2D eigenvalue weighted by Gasteiger charge is 2.31. The summed E-state index contributed by atoms with van der Waals surface area (Å²) in [6.07, 6.45) is 2.02. The third kappa shape index (κ3) is 3.66. The summed E-state index contributed by atoms with van der Waals surface area (Å²) >= 11 is 0. The lowest BCUT2D eigenvalue weighted by Gasteiger charge is -2.33. The van der Waals surface area contributed by atoms with Crippen LogP contribution in [0, 0.1) is 5.92 Å². The summed E-state index contributed by atoms with van der Waals surface area (Å²) in [7, 11) is 0. The first kappa shape index (κ1) is 17.3. The van der Waals surface area contributed by atoms with Gasteiger partial charge < -0.3 is 15.0 Å². The first-order valence-electron chi connectivity index (χ1n) is 8.44. The summed E-state index contributed by atoms with van der Waals surface area (Å²) in [6, 6.07) is 5.48. The van der Waals surface area contributed by atoms with Gasteiger partial charge in [-0.15, -0.1) is 0 Å². The molecule has 0 radical (unpaired) electrons. The fraction of sp³-hybridized carbons (Fsp3) is 0.556. The lowest BCUT2D eigenvalue weighted by molar-refractivity contribution is -0.125. The highest BCUT2D eigenvalue weighted by Crippen LogP contribution is 2.36. The first-order valence-corrected chi connectivity index (χ1v) is 8.44. The molecule has 0 fully saturated rings. The number of hydrogen-bond donors (Lipinski definition) is 1. The van der Waals surface area contributed by atoms with Gasteiger partial charge in [0.25, 0.3) is 5.91 Å². The quantitative estimate of drug-likeness (QED) is 0.872. The number of anilines is 2. The van der Waals surface area contributed by atoms with Crippen LogP contribution >= 0.6 is 0 Å². The smallest absolute Gasteiger partial charge is 0.267 e. The minimum absolute atomic E-state index is 0.00989. The molecule has 0 aromatic heterocycles. The summed E-state index contributed by atoms with van der Waals surface area (Å²) in [5.41, 5.74) is 1.44. The summed E-state index contributed by atoms with van der Waals surface area (Å²) in [4.78, 5) is 26.3. The Morgan fingerprint density at radius 2 is 2.00 bits per heavy atom. The van der Waals surface area contributed by atoms with E-state index in [-0.39, 0.29) is 17.7 Å². The Hall–Kier alpha value is -2.04. The number of benzene rings is 1. The van der Waals surface area contributed by atoms with Crippen LogP contribution in [0.1, 0.15) is 47.0 Å². The molecule has 0 aliphatic carbocycles. The van der Waals surface area contributed by atoms with Crippen LogP contribution in [-0.4, -0.2) is 24.5 Å². The Labute approximate surface area is 138 Å². The molecule has 0 saturated heterocycles. The number of carbonyl (C=O) groups excluding carboxylic acids is 2. The van der Waals surface area contributed by atoms with Crippen molar-refractivity contribution in [3.63, 3.8) is 0 Å². The minimum Gasteiger partial charge on any atom is -0.479 e. The highest BCUT2D eigenvalue weighted by molar-refractivity contribution is 6.01. The largest absolute Gasteiger partial charge is 0.479 e. The van der Waals surface area contributed by atoms with Crippen molar-refractivity contribution in [2.45, 2.75) is 53.1 Å². The van der Waals surface area contributed by atoms with Gasteiger partial charge in [0.2, 0.25) is 5.91 Å². The topological polar surface area (TPSA) is 58.6 Å². The SMILES string of the molecule is CCCN1C(=O)C(C)Oc2ccc(NC(=O)C(CC)CC)cc21. The van der Waals surface area contributed by atoms with E-state index in [1.54, 1.807) is 11.8 Å².